The molecule has 2 aromatic carbocycles. The van der Waals surface area contributed by atoms with Crippen molar-refractivity contribution in [2.45, 2.75) is 109 Å². The minimum absolute atomic E-state index is 0.0774. The van der Waals surface area contributed by atoms with Crippen molar-refractivity contribution >= 4 is 11.6 Å². The highest BCUT2D eigenvalue weighted by atomic mass is 35.5. The number of hydrogen-bond acceptors (Lipinski definition) is 0. The summed E-state index contributed by atoms with van der Waals surface area (Å²) in [5.41, 5.74) is 2.61. The monoisotopic (exact) mass is 440 g/mol. The first kappa shape index (κ1) is 26.0. The highest BCUT2D eigenvalue weighted by Crippen LogP contribution is 2.58. The fourth-order valence-corrected chi connectivity index (χ4v) is 5.82. The van der Waals surface area contributed by atoms with Gasteiger partial charge in [-0.15, -0.1) is 11.6 Å². The summed E-state index contributed by atoms with van der Waals surface area (Å²) in [5.74, 6) is 0. The van der Waals surface area contributed by atoms with Gasteiger partial charge in [-0.05, 0) is 35.8 Å². The van der Waals surface area contributed by atoms with Crippen LogP contribution in [0.3, 0.4) is 0 Å². The van der Waals surface area contributed by atoms with E-state index in [1.165, 1.54) is 94.6 Å². The molecule has 0 N–H and O–H groups in total. The second-order valence-corrected chi connectivity index (χ2v) is 9.96. The molecular formula is C30H45Cl. The van der Waals surface area contributed by atoms with Gasteiger partial charge in [0.2, 0.25) is 0 Å². The highest BCUT2D eigenvalue weighted by Gasteiger charge is 2.50. The lowest BCUT2D eigenvalue weighted by Gasteiger charge is -2.49. The van der Waals surface area contributed by atoms with E-state index in [4.69, 9.17) is 11.6 Å². The molecule has 0 heterocycles. The second-order valence-electron chi connectivity index (χ2n) is 9.40. The van der Waals surface area contributed by atoms with Gasteiger partial charge in [-0.25, -0.2) is 0 Å². The largest absolute Gasteiger partial charge is 0.108 e. The van der Waals surface area contributed by atoms with Gasteiger partial charge in [0.1, 0.15) is 0 Å². The van der Waals surface area contributed by atoms with Gasteiger partial charge in [0.15, 0.2) is 0 Å². The molecule has 0 spiro atoms. The van der Waals surface area contributed by atoms with Crippen molar-refractivity contribution in [1.82, 2.24) is 0 Å². The van der Waals surface area contributed by atoms with E-state index >= 15 is 0 Å². The summed E-state index contributed by atoms with van der Waals surface area (Å²) in [7, 11) is 0. The van der Waals surface area contributed by atoms with Gasteiger partial charge in [-0.1, -0.05) is 146 Å². The summed E-state index contributed by atoms with van der Waals surface area (Å²) in [5, 5.41) is 0. The summed E-state index contributed by atoms with van der Waals surface area (Å²) < 4.78 is 0. The molecule has 31 heavy (non-hydrogen) atoms. The van der Waals surface area contributed by atoms with Crippen LogP contribution in [-0.2, 0) is 4.87 Å². The quantitative estimate of drug-likeness (QED) is 0.180. The van der Waals surface area contributed by atoms with Gasteiger partial charge in [-0.2, -0.15) is 0 Å². The molecule has 0 unspecified atom stereocenters. The molecule has 0 aliphatic carbocycles. The summed E-state index contributed by atoms with van der Waals surface area (Å²) in [4.78, 5) is -0.483. The predicted molar refractivity (Wildman–Crippen MR) is 139 cm³/mol. The molecule has 0 fully saturated rings. The zero-order chi connectivity index (χ0) is 22.4. The average Bonchev–Trinajstić information content (AvgIpc) is 2.83. The Bertz CT molecular complexity index is 643. The average molecular weight is 441 g/mol. The van der Waals surface area contributed by atoms with E-state index in [-0.39, 0.29) is 5.41 Å². The maximum atomic E-state index is 7.95. The van der Waals surface area contributed by atoms with Gasteiger partial charge >= 0.3 is 0 Å². The summed E-state index contributed by atoms with van der Waals surface area (Å²) in [6.45, 7) is 6.93. The Morgan fingerprint density at radius 1 is 0.516 bits per heavy atom. The van der Waals surface area contributed by atoms with E-state index in [0.717, 1.165) is 0 Å². The number of unbranched alkanes of at least 4 members (excludes halogenated alkanes) is 7. The molecule has 0 saturated heterocycles. The number of alkyl halides is 1. The Hall–Kier alpha value is -1.27. The van der Waals surface area contributed by atoms with Crippen LogP contribution in [0.2, 0.25) is 0 Å². The van der Waals surface area contributed by atoms with E-state index in [9.17, 15) is 0 Å². The Morgan fingerprint density at radius 3 is 1.35 bits per heavy atom. The zero-order valence-corrected chi connectivity index (χ0v) is 21.1. The SMILES string of the molecule is CCCCCCCCC(CCCC)(CCCC)C(Cl)(c1ccccc1)c1ccccc1. The van der Waals surface area contributed by atoms with Gasteiger partial charge in [-0.3, -0.25) is 0 Å². The van der Waals surface area contributed by atoms with Crippen LogP contribution in [0.4, 0.5) is 0 Å². The first-order valence-corrected chi connectivity index (χ1v) is 13.3. The molecule has 0 nitrogen and oxygen atoms in total. The van der Waals surface area contributed by atoms with E-state index in [0.29, 0.717) is 0 Å². The molecule has 0 amide bonds. The highest BCUT2D eigenvalue weighted by molar-refractivity contribution is 6.26. The molecule has 2 aromatic rings. The molecule has 0 aromatic heterocycles. The number of hydrogen-bond donors (Lipinski definition) is 0. The molecule has 0 atom stereocenters. The lowest BCUT2D eigenvalue weighted by atomic mass is 9.60. The van der Waals surface area contributed by atoms with Crippen LogP contribution < -0.4 is 0 Å². The molecular weight excluding hydrogens is 396 g/mol. The van der Waals surface area contributed by atoms with Gasteiger partial charge in [0.25, 0.3) is 0 Å². The van der Waals surface area contributed by atoms with Crippen LogP contribution in [-0.4, -0.2) is 0 Å². The lowest BCUT2D eigenvalue weighted by molar-refractivity contribution is 0.144. The zero-order valence-electron chi connectivity index (χ0n) is 20.3. The van der Waals surface area contributed by atoms with Crippen LogP contribution in [0.1, 0.15) is 115 Å². The maximum absolute atomic E-state index is 7.95. The Morgan fingerprint density at radius 2 is 0.903 bits per heavy atom. The molecule has 0 aliphatic rings. The van der Waals surface area contributed by atoms with Crippen molar-refractivity contribution in [2.24, 2.45) is 5.41 Å². The molecule has 0 bridgehead atoms. The van der Waals surface area contributed by atoms with E-state index < -0.39 is 4.87 Å². The van der Waals surface area contributed by atoms with Gasteiger partial charge in [0, 0.05) is 0 Å². The normalized spacial score (nSPS) is 12.3. The van der Waals surface area contributed by atoms with Crippen molar-refractivity contribution in [1.29, 1.82) is 0 Å². The van der Waals surface area contributed by atoms with Crippen LogP contribution in [0, 0.1) is 5.41 Å². The Balaban J connectivity index is 2.48. The fourth-order valence-electron chi connectivity index (χ4n) is 5.28. The first-order chi connectivity index (χ1) is 15.1. The maximum Gasteiger partial charge on any atom is 0.1000 e. The van der Waals surface area contributed by atoms with E-state index in [2.05, 4.69) is 81.4 Å². The van der Waals surface area contributed by atoms with Crippen LogP contribution in [0.25, 0.3) is 0 Å². The lowest BCUT2D eigenvalue weighted by Crippen LogP contribution is -2.43. The van der Waals surface area contributed by atoms with E-state index in [1.54, 1.807) is 0 Å². The molecule has 0 saturated carbocycles. The number of rotatable bonds is 16. The first-order valence-electron chi connectivity index (χ1n) is 12.9. The van der Waals surface area contributed by atoms with Crippen LogP contribution in [0.15, 0.2) is 60.7 Å². The third kappa shape index (κ3) is 6.85. The van der Waals surface area contributed by atoms with E-state index in [1.807, 2.05) is 0 Å². The fraction of sp³-hybridized carbons (Fsp3) is 0.600. The van der Waals surface area contributed by atoms with Crippen molar-refractivity contribution < 1.29 is 0 Å². The Labute approximate surface area is 197 Å². The van der Waals surface area contributed by atoms with Gasteiger partial charge in [0.05, 0.1) is 4.87 Å². The minimum Gasteiger partial charge on any atom is -0.108 e. The van der Waals surface area contributed by atoms with Crippen molar-refractivity contribution in [3.05, 3.63) is 71.8 Å². The Kier molecular flexibility index (Phi) is 11.7. The van der Waals surface area contributed by atoms with Crippen molar-refractivity contribution in [3.63, 3.8) is 0 Å². The summed E-state index contributed by atoms with van der Waals surface area (Å²) >= 11 is 7.95. The molecule has 2 rings (SSSR count). The number of benzene rings is 2. The third-order valence-electron chi connectivity index (χ3n) is 7.10. The van der Waals surface area contributed by atoms with Crippen molar-refractivity contribution in [3.8, 4) is 0 Å². The summed E-state index contributed by atoms with van der Waals surface area (Å²) in [6.07, 6.45) is 16.6. The van der Waals surface area contributed by atoms with Crippen molar-refractivity contribution in [2.75, 3.05) is 0 Å². The topological polar surface area (TPSA) is 0 Å². The third-order valence-corrected chi connectivity index (χ3v) is 7.94. The smallest absolute Gasteiger partial charge is 0.1000 e. The van der Waals surface area contributed by atoms with Gasteiger partial charge < -0.3 is 0 Å². The second kappa shape index (κ2) is 14.0. The predicted octanol–water partition coefficient (Wildman–Crippen LogP) is 10.3. The van der Waals surface area contributed by atoms with Crippen LogP contribution in [0.5, 0.6) is 0 Å². The molecule has 1 heteroatoms. The molecule has 172 valence electrons. The molecule has 0 aliphatic heterocycles. The number of halogens is 1. The summed E-state index contributed by atoms with van der Waals surface area (Å²) in [6, 6.07) is 21.9. The standard InChI is InChI=1S/C30H45Cl/c1-4-7-10-11-12-19-26-29(24-8-5-2,25-9-6-3)30(31,27-20-15-13-16-21-27)28-22-17-14-18-23-28/h13-18,20-23H,4-12,19,24-26H2,1-3H3. The minimum atomic E-state index is -0.483. The molecule has 0 radical (unpaired) electrons. The van der Waals surface area contributed by atoms with Crippen LogP contribution >= 0.6 is 11.6 Å².